The van der Waals surface area contributed by atoms with Crippen LogP contribution < -0.4 is 10.1 Å². The molecule has 1 fully saturated rings. The third-order valence-electron chi connectivity index (χ3n) is 4.49. The zero-order chi connectivity index (χ0) is 20.9. The molecule has 3 rings (SSSR count). The summed E-state index contributed by atoms with van der Waals surface area (Å²) in [5, 5.41) is 13.3. The molecule has 0 bridgehead atoms. The summed E-state index contributed by atoms with van der Waals surface area (Å²) in [6, 6.07) is 11.5. The fourth-order valence-corrected chi connectivity index (χ4v) is 4.52. The van der Waals surface area contributed by atoms with Crippen molar-refractivity contribution in [2.45, 2.75) is 24.2 Å². The molecule has 10 heteroatoms. The number of sulfonamides is 1. The number of ether oxygens (including phenoxy) is 1. The number of nitro groups is 1. The Bertz CT molecular complexity index is 985. The Morgan fingerprint density at radius 3 is 2.45 bits per heavy atom. The number of non-ortho nitro benzene ring substituents is 1. The number of nitrogens with one attached hydrogen (secondary N) is 1. The van der Waals surface area contributed by atoms with E-state index in [1.165, 1.54) is 52.8 Å². The summed E-state index contributed by atoms with van der Waals surface area (Å²) in [5.74, 6) is -0.146. The fourth-order valence-electron chi connectivity index (χ4n) is 3.01. The molecule has 0 aromatic heterocycles. The normalized spacial score (nSPS) is 14.9. The standard InChI is InChI=1S/C19H21N3O6S/c23-19(20-15-5-4-6-16(13-15)22(24)25)14-28-17-7-9-18(10-8-17)29(26,27)21-11-2-1-3-12-21/h4-10,13H,1-3,11-12,14H2,(H,20,23). The van der Waals surface area contributed by atoms with Crippen molar-refractivity contribution < 1.29 is 22.9 Å². The van der Waals surface area contributed by atoms with Gasteiger partial charge in [-0.2, -0.15) is 4.31 Å². The van der Waals surface area contributed by atoms with Gasteiger partial charge in [-0.25, -0.2) is 8.42 Å². The van der Waals surface area contributed by atoms with E-state index in [0.29, 0.717) is 18.8 Å². The predicted octanol–water partition coefficient (Wildman–Crippen LogP) is 2.79. The average molecular weight is 419 g/mol. The molecule has 0 aliphatic carbocycles. The number of hydrogen-bond donors (Lipinski definition) is 1. The lowest BCUT2D eigenvalue weighted by Crippen LogP contribution is -2.35. The second-order valence-electron chi connectivity index (χ2n) is 6.58. The van der Waals surface area contributed by atoms with E-state index in [1.807, 2.05) is 0 Å². The van der Waals surface area contributed by atoms with Crippen molar-refractivity contribution in [3.8, 4) is 5.75 Å². The first kappa shape index (κ1) is 20.7. The summed E-state index contributed by atoms with van der Waals surface area (Å²) in [6.07, 6.45) is 2.76. The van der Waals surface area contributed by atoms with Gasteiger partial charge < -0.3 is 10.1 Å². The minimum absolute atomic E-state index is 0.130. The molecule has 154 valence electrons. The molecular weight excluding hydrogens is 398 g/mol. The summed E-state index contributed by atoms with van der Waals surface area (Å²) < 4.78 is 32.1. The van der Waals surface area contributed by atoms with Crippen molar-refractivity contribution in [2.75, 3.05) is 25.0 Å². The first-order valence-corrected chi connectivity index (χ1v) is 10.6. The third-order valence-corrected chi connectivity index (χ3v) is 6.40. The monoisotopic (exact) mass is 419 g/mol. The number of anilines is 1. The van der Waals surface area contributed by atoms with Gasteiger partial charge in [0.1, 0.15) is 5.75 Å². The van der Waals surface area contributed by atoms with Crippen LogP contribution in [-0.2, 0) is 14.8 Å². The molecule has 1 aliphatic rings. The topological polar surface area (TPSA) is 119 Å². The van der Waals surface area contributed by atoms with Crippen LogP contribution in [0.3, 0.4) is 0 Å². The van der Waals surface area contributed by atoms with E-state index in [4.69, 9.17) is 4.74 Å². The smallest absolute Gasteiger partial charge is 0.271 e. The molecule has 2 aromatic rings. The number of carbonyl (C=O) groups excluding carboxylic acids is 1. The van der Waals surface area contributed by atoms with E-state index < -0.39 is 20.9 Å². The van der Waals surface area contributed by atoms with Crippen LogP contribution >= 0.6 is 0 Å². The van der Waals surface area contributed by atoms with Gasteiger partial charge in [0.25, 0.3) is 11.6 Å². The minimum atomic E-state index is -3.52. The third kappa shape index (κ3) is 5.30. The molecule has 0 atom stereocenters. The Labute approximate surface area is 168 Å². The Balaban J connectivity index is 1.56. The van der Waals surface area contributed by atoms with Crippen molar-refractivity contribution >= 4 is 27.3 Å². The number of carbonyl (C=O) groups is 1. The van der Waals surface area contributed by atoms with E-state index in [2.05, 4.69) is 5.32 Å². The molecule has 0 spiro atoms. The maximum Gasteiger partial charge on any atom is 0.271 e. The SMILES string of the molecule is O=C(COc1ccc(S(=O)(=O)N2CCCCC2)cc1)Nc1cccc([N+](=O)[O-])c1. The number of piperidine rings is 1. The number of hydrogen-bond acceptors (Lipinski definition) is 6. The molecule has 1 heterocycles. The van der Waals surface area contributed by atoms with Crippen LogP contribution in [0.25, 0.3) is 0 Å². The van der Waals surface area contributed by atoms with Gasteiger partial charge >= 0.3 is 0 Å². The van der Waals surface area contributed by atoms with Crippen LogP contribution in [0, 0.1) is 10.1 Å². The Morgan fingerprint density at radius 2 is 1.79 bits per heavy atom. The number of amides is 1. The maximum atomic E-state index is 12.6. The summed E-state index contributed by atoms with van der Waals surface area (Å²) in [4.78, 5) is 22.4. The van der Waals surface area contributed by atoms with E-state index >= 15 is 0 Å². The van der Waals surface area contributed by atoms with Gasteiger partial charge in [0.15, 0.2) is 6.61 Å². The summed E-state index contributed by atoms with van der Waals surface area (Å²) >= 11 is 0. The van der Waals surface area contributed by atoms with Crippen LogP contribution in [0.15, 0.2) is 53.4 Å². The Morgan fingerprint density at radius 1 is 1.10 bits per heavy atom. The molecule has 1 saturated heterocycles. The highest BCUT2D eigenvalue weighted by molar-refractivity contribution is 7.89. The second-order valence-corrected chi connectivity index (χ2v) is 8.52. The van der Waals surface area contributed by atoms with Crippen molar-refractivity contribution in [3.05, 3.63) is 58.6 Å². The quantitative estimate of drug-likeness (QED) is 0.544. The van der Waals surface area contributed by atoms with E-state index in [0.717, 1.165) is 19.3 Å². The lowest BCUT2D eigenvalue weighted by molar-refractivity contribution is -0.384. The van der Waals surface area contributed by atoms with Crippen LogP contribution in [0.5, 0.6) is 5.75 Å². The summed E-state index contributed by atoms with van der Waals surface area (Å²) in [6.45, 7) is 0.734. The molecule has 9 nitrogen and oxygen atoms in total. The van der Waals surface area contributed by atoms with Crippen molar-refractivity contribution in [1.29, 1.82) is 0 Å². The summed E-state index contributed by atoms with van der Waals surface area (Å²) in [5.41, 5.74) is 0.157. The fraction of sp³-hybridized carbons (Fsp3) is 0.316. The van der Waals surface area contributed by atoms with Crippen LogP contribution in [0.1, 0.15) is 19.3 Å². The van der Waals surface area contributed by atoms with E-state index in [9.17, 15) is 23.3 Å². The first-order chi connectivity index (χ1) is 13.9. The van der Waals surface area contributed by atoms with Gasteiger partial charge in [0.05, 0.1) is 9.82 Å². The van der Waals surface area contributed by atoms with Gasteiger partial charge in [0.2, 0.25) is 10.0 Å². The highest BCUT2D eigenvalue weighted by Crippen LogP contribution is 2.23. The van der Waals surface area contributed by atoms with Gasteiger partial charge in [0, 0.05) is 30.9 Å². The number of rotatable bonds is 7. The molecule has 2 aromatic carbocycles. The lowest BCUT2D eigenvalue weighted by atomic mass is 10.2. The number of nitrogens with zero attached hydrogens (tertiary/aromatic N) is 2. The zero-order valence-electron chi connectivity index (χ0n) is 15.6. The predicted molar refractivity (Wildman–Crippen MR) is 106 cm³/mol. The molecule has 1 aliphatic heterocycles. The Kier molecular flexibility index (Phi) is 6.45. The largest absolute Gasteiger partial charge is 0.484 e. The van der Waals surface area contributed by atoms with Crippen LogP contribution in [-0.4, -0.2) is 43.2 Å². The molecule has 0 radical (unpaired) electrons. The van der Waals surface area contributed by atoms with Crippen LogP contribution in [0.4, 0.5) is 11.4 Å². The zero-order valence-corrected chi connectivity index (χ0v) is 16.4. The molecule has 29 heavy (non-hydrogen) atoms. The van der Waals surface area contributed by atoms with Gasteiger partial charge in [-0.05, 0) is 43.2 Å². The van der Waals surface area contributed by atoms with Gasteiger partial charge in [-0.3, -0.25) is 14.9 Å². The number of benzene rings is 2. The maximum absolute atomic E-state index is 12.6. The van der Waals surface area contributed by atoms with Crippen molar-refractivity contribution in [3.63, 3.8) is 0 Å². The number of nitro benzene ring substituents is 1. The average Bonchev–Trinajstić information content (AvgIpc) is 2.73. The van der Waals surface area contributed by atoms with Gasteiger partial charge in [-0.15, -0.1) is 0 Å². The Hall–Kier alpha value is -2.98. The highest BCUT2D eigenvalue weighted by Gasteiger charge is 2.25. The second kappa shape index (κ2) is 9.01. The van der Waals surface area contributed by atoms with Crippen LogP contribution in [0.2, 0.25) is 0 Å². The van der Waals surface area contributed by atoms with Gasteiger partial charge in [-0.1, -0.05) is 12.5 Å². The first-order valence-electron chi connectivity index (χ1n) is 9.13. The highest BCUT2D eigenvalue weighted by atomic mass is 32.2. The molecule has 1 N–H and O–H groups in total. The van der Waals surface area contributed by atoms with Crippen molar-refractivity contribution in [1.82, 2.24) is 4.31 Å². The minimum Gasteiger partial charge on any atom is -0.484 e. The molecular formula is C19H21N3O6S. The molecule has 0 unspecified atom stereocenters. The summed E-state index contributed by atoms with van der Waals surface area (Å²) in [7, 11) is -3.52. The van der Waals surface area contributed by atoms with Crippen molar-refractivity contribution in [2.24, 2.45) is 0 Å². The van der Waals surface area contributed by atoms with E-state index in [1.54, 1.807) is 0 Å². The lowest BCUT2D eigenvalue weighted by Gasteiger charge is -2.25. The molecule has 1 amide bonds. The molecule has 0 saturated carbocycles. The van der Waals surface area contributed by atoms with E-state index in [-0.39, 0.29) is 22.9 Å².